The summed E-state index contributed by atoms with van der Waals surface area (Å²) in [6, 6.07) is -1.35. The number of alkyl carbamates (subject to hydrolysis) is 1. The third kappa shape index (κ3) is 31.6. The van der Waals surface area contributed by atoms with Crippen LogP contribution in [0.5, 0.6) is 0 Å². The van der Waals surface area contributed by atoms with Gasteiger partial charge in [0.1, 0.15) is 24.7 Å². The highest BCUT2D eigenvalue weighted by Gasteiger charge is 2.23. The molecule has 0 fully saturated rings. The van der Waals surface area contributed by atoms with Gasteiger partial charge in [-0.1, -0.05) is 60.8 Å². The van der Waals surface area contributed by atoms with Crippen LogP contribution < -0.4 is 26.6 Å². The van der Waals surface area contributed by atoms with Crippen molar-refractivity contribution in [2.24, 2.45) is 11.8 Å². The van der Waals surface area contributed by atoms with Crippen LogP contribution in [0.1, 0.15) is 102 Å². The Morgan fingerprint density at radius 2 is 1.34 bits per heavy atom. The van der Waals surface area contributed by atoms with E-state index in [1.165, 1.54) is 20.3 Å². The Balaban J connectivity index is -0.000000309. The second-order valence-electron chi connectivity index (χ2n) is 11.2. The smallest absolute Gasteiger partial charge is 0.408 e. The predicted molar refractivity (Wildman–Crippen MR) is 173 cm³/mol. The van der Waals surface area contributed by atoms with Gasteiger partial charge in [-0.05, 0) is 59.9 Å². The van der Waals surface area contributed by atoms with Gasteiger partial charge in [0.25, 0.3) is 5.91 Å². The van der Waals surface area contributed by atoms with Gasteiger partial charge in [0.15, 0.2) is 0 Å². The van der Waals surface area contributed by atoms with Crippen molar-refractivity contribution in [2.45, 2.75) is 120 Å². The molecule has 0 aromatic heterocycles. The molecule has 0 spiro atoms. The van der Waals surface area contributed by atoms with Crippen molar-refractivity contribution in [3.05, 3.63) is 0 Å². The van der Waals surface area contributed by atoms with Crippen molar-refractivity contribution in [2.75, 3.05) is 26.7 Å². The van der Waals surface area contributed by atoms with Crippen LogP contribution in [0.3, 0.4) is 0 Å². The predicted octanol–water partition coefficient (Wildman–Crippen LogP) is 2.69. The number of nitrogens with one attached hydrogen (secondary N) is 5. The summed E-state index contributed by atoms with van der Waals surface area (Å²) in [5.41, 5.74) is -0.607. The maximum atomic E-state index is 11.8. The lowest BCUT2D eigenvalue weighted by Crippen LogP contribution is -2.48. The molecule has 13 heteroatoms. The van der Waals surface area contributed by atoms with Crippen LogP contribution in [-0.2, 0) is 33.5 Å². The Labute approximate surface area is 265 Å². The highest BCUT2D eigenvalue weighted by molar-refractivity contribution is 6.38. The fraction of sp³-hybridized carbons (Fsp3) is 0.774. The summed E-state index contributed by atoms with van der Waals surface area (Å²) in [5.74, 6) is -1.57. The Hall–Kier alpha value is -3.35. The maximum Gasteiger partial charge on any atom is 0.408 e. The van der Waals surface area contributed by atoms with E-state index in [0.29, 0.717) is 18.7 Å². The van der Waals surface area contributed by atoms with Gasteiger partial charge in [0.05, 0.1) is 18.6 Å². The molecule has 44 heavy (non-hydrogen) atoms. The van der Waals surface area contributed by atoms with E-state index in [4.69, 9.17) is 9.53 Å². The number of hydrogen-bond donors (Lipinski definition) is 5. The number of likely N-dealkylation sites (N-methyl/N-ethyl adjacent to an activating group) is 1. The van der Waals surface area contributed by atoms with E-state index in [-0.39, 0.29) is 24.9 Å². The molecule has 0 aromatic rings. The molecule has 0 heterocycles. The monoisotopic (exact) mass is 631 g/mol. The number of carbonyl (C=O) groups excluding carboxylic acids is 7. The van der Waals surface area contributed by atoms with Gasteiger partial charge >= 0.3 is 6.09 Å². The molecule has 3 atom stereocenters. The first-order valence-corrected chi connectivity index (χ1v) is 15.3. The molecular weight excluding hydrogens is 570 g/mol. The summed E-state index contributed by atoms with van der Waals surface area (Å²) >= 11 is 0. The van der Waals surface area contributed by atoms with Crippen LogP contribution in [-0.4, -0.2) is 86.5 Å². The lowest BCUT2D eigenvalue weighted by atomic mass is 10.0. The zero-order chi connectivity index (χ0) is 35.3. The van der Waals surface area contributed by atoms with Crippen molar-refractivity contribution < 1.29 is 38.3 Å². The van der Waals surface area contributed by atoms with Crippen LogP contribution in [0, 0.1) is 11.8 Å². The van der Waals surface area contributed by atoms with E-state index in [2.05, 4.69) is 54.3 Å². The molecular formula is C31H61N5O8. The summed E-state index contributed by atoms with van der Waals surface area (Å²) in [5, 5.41) is 12.6. The number of hydrogen-bond acceptors (Lipinski definition) is 9. The summed E-state index contributed by atoms with van der Waals surface area (Å²) in [7, 11) is 1.64. The number of ether oxygens (including phenoxy) is 1. The molecule has 0 radical (unpaired) electrons. The normalized spacial score (nSPS) is 12.0. The molecule has 5 N–H and O–H groups in total. The third-order valence-corrected chi connectivity index (χ3v) is 5.14. The van der Waals surface area contributed by atoms with Crippen molar-refractivity contribution >= 4 is 42.2 Å². The van der Waals surface area contributed by atoms with E-state index >= 15 is 0 Å². The molecule has 4 amide bonds. The highest BCUT2D eigenvalue weighted by Crippen LogP contribution is 2.09. The fourth-order valence-corrected chi connectivity index (χ4v) is 2.96. The van der Waals surface area contributed by atoms with E-state index in [9.17, 15) is 28.8 Å². The summed E-state index contributed by atoms with van der Waals surface area (Å²) in [6.07, 6.45) is 5.07. The summed E-state index contributed by atoms with van der Waals surface area (Å²) < 4.78 is 4.97. The second kappa shape index (κ2) is 29.7. The van der Waals surface area contributed by atoms with Gasteiger partial charge in [0.2, 0.25) is 17.6 Å². The largest absolute Gasteiger partial charge is 0.444 e. The molecule has 0 aromatic carbocycles. The zero-order valence-electron chi connectivity index (χ0n) is 29.2. The second-order valence-corrected chi connectivity index (χ2v) is 11.2. The summed E-state index contributed by atoms with van der Waals surface area (Å²) in [6.45, 7) is 20.6. The Kier molecular flexibility index (Phi) is 32.1. The van der Waals surface area contributed by atoms with Crippen LogP contribution in [0.15, 0.2) is 0 Å². The SMILES string of the molecule is CC(C)C(C=O)NC(=O)CNC(=O)OC(C)(C)C.CC=O.CCC.CCCC(CC)CNC(=O)C(=O)C(C)NC(=O)CNC. The van der Waals surface area contributed by atoms with E-state index in [0.717, 1.165) is 25.5 Å². The molecule has 0 saturated heterocycles. The minimum absolute atomic E-state index is 0.00739. The van der Waals surface area contributed by atoms with Crippen molar-refractivity contribution in [1.82, 2.24) is 26.6 Å². The van der Waals surface area contributed by atoms with E-state index in [1.807, 2.05) is 13.8 Å². The number of aldehydes is 2. The molecule has 0 rings (SSSR count). The Morgan fingerprint density at radius 1 is 0.841 bits per heavy atom. The number of carbonyl (C=O) groups is 7. The van der Waals surface area contributed by atoms with E-state index in [1.54, 1.807) is 27.8 Å². The third-order valence-electron chi connectivity index (χ3n) is 5.14. The first-order valence-electron chi connectivity index (χ1n) is 15.3. The fourth-order valence-electron chi connectivity index (χ4n) is 2.96. The zero-order valence-corrected chi connectivity index (χ0v) is 29.2. The average Bonchev–Trinajstić information content (AvgIpc) is 2.92. The lowest BCUT2D eigenvalue weighted by Gasteiger charge is -2.20. The van der Waals surface area contributed by atoms with Crippen LogP contribution in [0.2, 0.25) is 0 Å². The first kappa shape index (κ1) is 47.6. The van der Waals surface area contributed by atoms with Crippen molar-refractivity contribution in [3.63, 3.8) is 0 Å². The topological polar surface area (TPSA) is 189 Å². The van der Waals surface area contributed by atoms with Gasteiger partial charge < -0.3 is 40.9 Å². The Morgan fingerprint density at radius 3 is 1.73 bits per heavy atom. The Bertz CT molecular complexity index is 828. The van der Waals surface area contributed by atoms with Gasteiger partial charge in [-0.25, -0.2) is 4.79 Å². The molecule has 3 unspecified atom stereocenters. The van der Waals surface area contributed by atoms with Crippen molar-refractivity contribution in [1.29, 1.82) is 0 Å². The van der Waals surface area contributed by atoms with Crippen molar-refractivity contribution in [3.8, 4) is 0 Å². The molecule has 13 nitrogen and oxygen atoms in total. The standard InChI is InChI=1S/C14H27N3O3.C12H22N2O4.C3H8.C2H4O/c1-5-7-11(6-2)8-16-14(20)13(19)10(3)17-12(18)9-15-4;1-8(2)9(7-15)14-10(16)6-13-11(17)18-12(3,4)5;1-3-2;1-2-3/h10-11,15H,5-9H2,1-4H3,(H,16,20)(H,17,18);7-9H,6H2,1-5H3,(H,13,17)(H,14,16);3H2,1-2H3;2H,1H3. The quantitative estimate of drug-likeness (QED) is 0.134. The average molecular weight is 632 g/mol. The van der Waals surface area contributed by atoms with E-state index < -0.39 is 41.4 Å². The molecule has 0 aliphatic carbocycles. The number of ketones is 1. The highest BCUT2D eigenvalue weighted by atomic mass is 16.6. The number of rotatable bonds is 15. The number of amides is 4. The molecule has 0 aliphatic heterocycles. The first-order chi connectivity index (χ1) is 20.4. The number of Topliss-reactive ketones (excluding diaryl/α,β-unsaturated/α-hetero) is 1. The van der Waals surface area contributed by atoms with Crippen LogP contribution in [0.4, 0.5) is 4.79 Å². The lowest BCUT2D eigenvalue weighted by molar-refractivity contribution is -0.139. The molecule has 0 aliphatic rings. The maximum absolute atomic E-state index is 11.8. The minimum Gasteiger partial charge on any atom is -0.444 e. The van der Waals surface area contributed by atoms with Gasteiger partial charge in [-0.15, -0.1) is 0 Å². The molecule has 258 valence electrons. The molecule has 0 bridgehead atoms. The van der Waals surface area contributed by atoms with Gasteiger partial charge in [-0.3, -0.25) is 19.2 Å². The van der Waals surface area contributed by atoms with Gasteiger partial charge in [-0.2, -0.15) is 0 Å². The van der Waals surface area contributed by atoms with Crippen LogP contribution in [0.25, 0.3) is 0 Å². The molecule has 0 saturated carbocycles. The minimum atomic E-state index is -0.804. The summed E-state index contributed by atoms with van der Waals surface area (Å²) in [4.78, 5) is 77.0. The van der Waals surface area contributed by atoms with Crippen LogP contribution >= 0.6 is 0 Å². The van der Waals surface area contributed by atoms with Gasteiger partial charge in [0, 0.05) is 6.54 Å².